The zero-order chi connectivity index (χ0) is 22.5. The van der Waals surface area contributed by atoms with Crippen LogP contribution in [-0.2, 0) is 5.41 Å². The number of benzene rings is 2. The molecule has 30 heavy (non-hydrogen) atoms. The number of hydrogen-bond donors (Lipinski definition) is 2. The van der Waals surface area contributed by atoms with E-state index in [0.717, 1.165) is 34.6 Å². The highest BCUT2D eigenvalue weighted by atomic mass is 16.5. The van der Waals surface area contributed by atoms with Gasteiger partial charge < -0.3 is 19.7 Å². The highest BCUT2D eigenvalue weighted by molar-refractivity contribution is 5.55. The summed E-state index contributed by atoms with van der Waals surface area (Å²) in [5.41, 5.74) is 6.72. The van der Waals surface area contributed by atoms with Gasteiger partial charge in [0.05, 0.1) is 13.2 Å². The van der Waals surface area contributed by atoms with Crippen molar-refractivity contribution in [1.29, 1.82) is 0 Å². The van der Waals surface area contributed by atoms with Crippen LogP contribution in [-0.4, -0.2) is 36.6 Å². The lowest BCUT2D eigenvalue weighted by molar-refractivity contribution is 0.196. The van der Waals surface area contributed by atoms with E-state index in [4.69, 9.17) is 9.47 Å². The Hall–Kier alpha value is -2.04. The lowest BCUT2D eigenvalue weighted by Crippen LogP contribution is -2.20. The smallest absolute Gasteiger partial charge is 0.126 e. The summed E-state index contributed by atoms with van der Waals surface area (Å²) in [5.74, 6) is 1.71. The molecule has 4 heteroatoms. The average molecular weight is 415 g/mol. The van der Waals surface area contributed by atoms with Crippen LogP contribution in [0, 0.1) is 20.8 Å². The van der Waals surface area contributed by atoms with Crippen molar-refractivity contribution in [3.8, 4) is 11.5 Å². The van der Waals surface area contributed by atoms with E-state index in [1.165, 1.54) is 16.7 Å². The molecule has 2 aromatic rings. The molecule has 166 valence electrons. The van der Waals surface area contributed by atoms with Crippen molar-refractivity contribution in [3.63, 3.8) is 0 Å². The fourth-order valence-corrected chi connectivity index (χ4v) is 3.95. The largest absolute Gasteiger partial charge is 0.491 e. The Morgan fingerprint density at radius 2 is 1.33 bits per heavy atom. The summed E-state index contributed by atoms with van der Waals surface area (Å²) in [6.45, 7) is 15.5. The molecule has 0 saturated carbocycles. The van der Waals surface area contributed by atoms with Gasteiger partial charge in [0.2, 0.25) is 0 Å². The minimum atomic E-state index is -0.0516. The summed E-state index contributed by atoms with van der Waals surface area (Å²) in [7, 11) is 0. The van der Waals surface area contributed by atoms with Gasteiger partial charge in [-0.05, 0) is 38.2 Å². The van der Waals surface area contributed by atoms with Crippen molar-refractivity contribution in [3.05, 3.63) is 57.6 Å². The van der Waals surface area contributed by atoms with Crippen LogP contribution >= 0.6 is 0 Å². The van der Waals surface area contributed by atoms with Gasteiger partial charge in [0.15, 0.2) is 0 Å². The topological polar surface area (TPSA) is 58.9 Å². The minimum absolute atomic E-state index is 0.0225. The Labute approximate surface area is 181 Å². The van der Waals surface area contributed by atoms with Crippen molar-refractivity contribution >= 4 is 0 Å². The monoisotopic (exact) mass is 414 g/mol. The second kappa shape index (κ2) is 10.3. The molecule has 0 fully saturated rings. The van der Waals surface area contributed by atoms with E-state index >= 15 is 0 Å². The molecule has 1 atom stereocenters. The van der Waals surface area contributed by atoms with Crippen molar-refractivity contribution in [2.75, 3.05) is 26.4 Å². The highest BCUT2D eigenvalue weighted by Crippen LogP contribution is 2.44. The molecular formula is C26H38O4. The number of aliphatic hydroxyl groups is 2. The number of hydrogen-bond acceptors (Lipinski definition) is 4. The molecule has 2 rings (SSSR count). The standard InChI is InChI=1S/C26H38O4/c1-8-26(6,7)23-16-18(3)15-22(25(23)30-12-10-28)20(5)21-14-17(2)13-19(4)24(21)29-11-9-27/h13-16,20,27-28H,8-12H2,1-7H3. The molecule has 0 bridgehead atoms. The van der Waals surface area contributed by atoms with Crippen molar-refractivity contribution < 1.29 is 19.7 Å². The lowest BCUT2D eigenvalue weighted by Gasteiger charge is -2.30. The summed E-state index contributed by atoms with van der Waals surface area (Å²) in [5, 5.41) is 18.7. The van der Waals surface area contributed by atoms with Gasteiger partial charge in [0.1, 0.15) is 24.7 Å². The quantitative estimate of drug-likeness (QED) is 0.561. The van der Waals surface area contributed by atoms with Crippen LogP contribution in [0.3, 0.4) is 0 Å². The third-order valence-electron chi connectivity index (χ3n) is 5.93. The first-order chi connectivity index (χ1) is 14.2. The van der Waals surface area contributed by atoms with E-state index < -0.39 is 0 Å². The molecule has 0 saturated heterocycles. The van der Waals surface area contributed by atoms with Gasteiger partial charge in [-0.1, -0.05) is 63.1 Å². The zero-order valence-electron chi connectivity index (χ0n) is 19.6. The first-order valence-corrected chi connectivity index (χ1v) is 10.9. The van der Waals surface area contributed by atoms with Gasteiger partial charge in [-0.15, -0.1) is 0 Å². The van der Waals surface area contributed by atoms with Crippen LogP contribution in [0.1, 0.15) is 73.4 Å². The molecule has 0 aliphatic carbocycles. The van der Waals surface area contributed by atoms with Crippen molar-refractivity contribution in [1.82, 2.24) is 0 Å². The lowest BCUT2D eigenvalue weighted by atomic mass is 9.78. The van der Waals surface area contributed by atoms with Crippen LogP contribution in [0.2, 0.25) is 0 Å². The maximum absolute atomic E-state index is 9.42. The van der Waals surface area contributed by atoms with E-state index in [2.05, 4.69) is 65.8 Å². The summed E-state index contributed by atoms with van der Waals surface area (Å²) in [6, 6.07) is 8.65. The molecule has 0 aliphatic heterocycles. The van der Waals surface area contributed by atoms with E-state index in [0.29, 0.717) is 0 Å². The van der Waals surface area contributed by atoms with Crippen LogP contribution in [0.25, 0.3) is 0 Å². The third-order valence-corrected chi connectivity index (χ3v) is 5.93. The Kier molecular flexibility index (Phi) is 8.34. The van der Waals surface area contributed by atoms with Gasteiger partial charge in [-0.3, -0.25) is 0 Å². The van der Waals surface area contributed by atoms with E-state index in [-0.39, 0.29) is 37.8 Å². The second-order valence-corrected chi connectivity index (χ2v) is 8.83. The first kappa shape index (κ1) is 24.2. The van der Waals surface area contributed by atoms with Crippen LogP contribution < -0.4 is 9.47 Å². The molecule has 0 radical (unpaired) electrons. The van der Waals surface area contributed by atoms with Gasteiger partial charge in [0.25, 0.3) is 0 Å². The van der Waals surface area contributed by atoms with Gasteiger partial charge in [0, 0.05) is 22.6 Å². The summed E-state index contributed by atoms with van der Waals surface area (Å²) >= 11 is 0. The molecule has 2 aromatic carbocycles. The first-order valence-electron chi connectivity index (χ1n) is 10.9. The minimum Gasteiger partial charge on any atom is -0.491 e. The molecule has 0 aromatic heterocycles. The second-order valence-electron chi connectivity index (χ2n) is 8.83. The third kappa shape index (κ3) is 5.35. The molecule has 0 heterocycles. The summed E-state index contributed by atoms with van der Waals surface area (Å²) < 4.78 is 12.1. The molecular weight excluding hydrogens is 376 g/mol. The fraction of sp³-hybridized carbons (Fsp3) is 0.538. The Balaban J connectivity index is 2.71. The van der Waals surface area contributed by atoms with Gasteiger partial charge in [-0.2, -0.15) is 0 Å². The molecule has 1 unspecified atom stereocenters. The zero-order valence-corrected chi connectivity index (χ0v) is 19.6. The number of rotatable bonds is 10. The molecule has 0 aliphatic rings. The van der Waals surface area contributed by atoms with Crippen LogP contribution in [0.5, 0.6) is 11.5 Å². The summed E-state index contributed by atoms with van der Waals surface area (Å²) in [4.78, 5) is 0. The highest BCUT2D eigenvalue weighted by Gasteiger charge is 2.28. The molecule has 0 spiro atoms. The number of aryl methyl sites for hydroxylation is 3. The van der Waals surface area contributed by atoms with Gasteiger partial charge >= 0.3 is 0 Å². The van der Waals surface area contributed by atoms with Crippen LogP contribution in [0.4, 0.5) is 0 Å². The van der Waals surface area contributed by atoms with Crippen molar-refractivity contribution in [2.24, 2.45) is 0 Å². The SMILES string of the molecule is CCC(C)(C)c1cc(C)cc(C(C)c2cc(C)cc(C)c2OCCO)c1OCCO. The Morgan fingerprint density at radius 1 is 0.833 bits per heavy atom. The maximum Gasteiger partial charge on any atom is 0.126 e. The van der Waals surface area contributed by atoms with Crippen molar-refractivity contribution in [2.45, 2.75) is 66.2 Å². The maximum atomic E-state index is 9.42. The van der Waals surface area contributed by atoms with E-state index in [1.807, 2.05) is 6.92 Å². The van der Waals surface area contributed by atoms with Gasteiger partial charge in [-0.25, -0.2) is 0 Å². The fourth-order valence-electron chi connectivity index (χ4n) is 3.95. The van der Waals surface area contributed by atoms with Crippen LogP contribution in [0.15, 0.2) is 24.3 Å². The Bertz CT molecular complexity index is 855. The Morgan fingerprint density at radius 3 is 1.87 bits per heavy atom. The number of aliphatic hydroxyl groups excluding tert-OH is 2. The summed E-state index contributed by atoms with van der Waals surface area (Å²) in [6.07, 6.45) is 0.980. The predicted octanol–water partition coefficient (Wildman–Crippen LogP) is 5.19. The predicted molar refractivity (Wildman–Crippen MR) is 123 cm³/mol. The normalized spacial score (nSPS) is 12.7. The van der Waals surface area contributed by atoms with E-state index in [1.54, 1.807) is 0 Å². The molecule has 4 nitrogen and oxygen atoms in total. The van der Waals surface area contributed by atoms with E-state index in [9.17, 15) is 10.2 Å². The average Bonchev–Trinajstić information content (AvgIpc) is 2.70. The number of ether oxygens (including phenoxy) is 2. The molecule has 0 amide bonds. The molecule has 2 N–H and O–H groups in total.